The van der Waals surface area contributed by atoms with Crippen molar-refractivity contribution in [1.82, 2.24) is 10.3 Å². The quantitative estimate of drug-likeness (QED) is 0.784. The highest BCUT2D eigenvalue weighted by Gasteiger charge is 2.20. The van der Waals surface area contributed by atoms with Gasteiger partial charge in [-0.05, 0) is 35.3 Å². The number of rotatable bonds is 7. The molecule has 0 aliphatic rings. The first kappa shape index (κ1) is 14.6. The van der Waals surface area contributed by atoms with Gasteiger partial charge in [-0.3, -0.25) is 0 Å². The summed E-state index contributed by atoms with van der Waals surface area (Å²) in [5.74, 6) is 0. The summed E-state index contributed by atoms with van der Waals surface area (Å²) in [4.78, 5) is 2.30. The molecule has 110 valence electrons. The monoisotopic (exact) mass is 278 g/mol. The van der Waals surface area contributed by atoms with Gasteiger partial charge >= 0.3 is 0 Å². The Morgan fingerprint density at radius 3 is 2.60 bits per heavy atom. The van der Waals surface area contributed by atoms with Crippen LogP contribution in [0.4, 0.5) is 11.4 Å². The lowest BCUT2D eigenvalue weighted by Gasteiger charge is -2.32. The van der Waals surface area contributed by atoms with Gasteiger partial charge in [-0.2, -0.15) is 0 Å². The first-order valence-electron chi connectivity index (χ1n) is 6.99. The lowest BCUT2D eigenvalue weighted by molar-refractivity contribution is 0.202. The number of nitrogens with two attached hydrogens (primary N) is 1. The number of nitrogens with zero attached hydrogens (tertiary/aromatic N) is 3. The number of ether oxygens (including phenoxy) is 1. The van der Waals surface area contributed by atoms with E-state index in [1.165, 1.54) is 0 Å². The molecule has 0 saturated heterocycles. The van der Waals surface area contributed by atoms with Crippen LogP contribution >= 0.6 is 0 Å². The van der Waals surface area contributed by atoms with E-state index in [1.807, 2.05) is 12.1 Å². The lowest BCUT2D eigenvalue weighted by Crippen LogP contribution is -2.37. The van der Waals surface area contributed by atoms with Gasteiger partial charge in [0.05, 0.1) is 18.0 Å². The van der Waals surface area contributed by atoms with E-state index >= 15 is 0 Å². The molecule has 6 nitrogen and oxygen atoms in total. The molecule has 0 saturated carbocycles. The van der Waals surface area contributed by atoms with E-state index in [-0.39, 0.29) is 0 Å². The maximum absolute atomic E-state index is 5.91. The first-order chi connectivity index (χ1) is 9.72. The van der Waals surface area contributed by atoms with Crippen molar-refractivity contribution >= 4 is 22.4 Å². The molecule has 0 aliphatic heterocycles. The largest absolute Gasteiger partial charge is 0.397 e. The van der Waals surface area contributed by atoms with Crippen molar-refractivity contribution in [3.63, 3.8) is 0 Å². The number of hydrogen-bond acceptors (Lipinski definition) is 6. The van der Waals surface area contributed by atoms with Crippen LogP contribution in [0.5, 0.6) is 0 Å². The van der Waals surface area contributed by atoms with Gasteiger partial charge in [-0.1, -0.05) is 13.8 Å². The number of hydrogen-bond donors (Lipinski definition) is 1. The molecule has 2 N–H and O–H groups in total. The fourth-order valence-corrected chi connectivity index (χ4v) is 2.52. The van der Waals surface area contributed by atoms with E-state index in [9.17, 15) is 0 Å². The van der Waals surface area contributed by atoms with E-state index in [0.717, 1.165) is 25.1 Å². The second kappa shape index (κ2) is 6.56. The molecule has 20 heavy (non-hydrogen) atoms. The van der Waals surface area contributed by atoms with Gasteiger partial charge in [0.15, 0.2) is 11.0 Å². The van der Waals surface area contributed by atoms with Crippen LogP contribution in [0.2, 0.25) is 0 Å². The maximum Gasteiger partial charge on any atom is 0.160 e. The average Bonchev–Trinajstić information content (AvgIpc) is 2.95. The first-order valence-corrected chi connectivity index (χ1v) is 6.99. The van der Waals surface area contributed by atoms with Crippen molar-refractivity contribution in [1.29, 1.82) is 0 Å². The zero-order valence-corrected chi connectivity index (χ0v) is 12.3. The smallest absolute Gasteiger partial charge is 0.160 e. The summed E-state index contributed by atoms with van der Waals surface area (Å²) in [6.45, 7) is 5.83. The maximum atomic E-state index is 5.91. The highest BCUT2D eigenvalue weighted by Crippen LogP contribution is 2.30. The fraction of sp³-hybridized carbons (Fsp3) is 0.571. The minimum absolute atomic E-state index is 0.425. The van der Waals surface area contributed by atoms with Crippen LogP contribution in [0.1, 0.15) is 26.7 Å². The van der Waals surface area contributed by atoms with Crippen molar-refractivity contribution in [3.05, 3.63) is 12.1 Å². The fourth-order valence-electron chi connectivity index (χ4n) is 2.52. The van der Waals surface area contributed by atoms with Gasteiger partial charge in [0, 0.05) is 19.7 Å². The number of anilines is 2. The molecule has 0 amide bonds. The van der Waals surface area contributed by atoms with Crippen molar-refractivity contribution in [2.75, 3.05) is 30.9 Å². The number of nitrogen functional groups attached to an aromatic ring is 1. The van der Waals surface area contributed by atoms with Crippen LogP contribution in [-0.4, -0.2) is 36.6 Å². The summed E-state index contributed by atoms with van der Waals surface area (Å²) in [6.07, 6.45) is 2.11. The van der Waals surface area contributed by atoms with Crippen LogP contribution in [0.25, 0.3) is 11.0 Å². The topological polar surface area (TPSA) is 77.4 Å². The van der Waals surface area contributed by atoms with Crippen LogP contribution < -0.4 is 10.6 Å². The zero-order valence-electron chi connectivity index (χ0n) is 12.3. The standard InChI is InChI=1S/C14H22N4O2/c1-4-10(5-2)18(8-9-19-3)12-7-6-11(15)13-14(12)17-20-16-13/h6-7,10H,4-5,8-9,15H2,1-3H3. The van der Waals surface area contributed by atoms with Crippen molar-refractivity contribution in [3.8, 4) is 0 Å². The van der Waals surface area contributed by atoms with E-state index < -0.39 is 0 Å². The molecule has 0 unspecified atom stereocenters. The minimum Gasteiger partial charge on any atom is -0.397 e. The van der Waals surface area contributed by atoms with Crippen LogP contribution in [0.3, 0.4) is 0 Å². The molecular weight excluding hydrogens is 256 g/mol. The Hall–Kier alpha value is -1.82. The van der Waals surface area contributed by atoms with E-state index in [0.29, 0.717) is 29.4 Å². The Morgan fingerprint density at radius 1 is 1.25 bits per heavy atom. The van der Waals surface area contributed by atoms with E-state index in [4.69, 9.17) is 15.1 Å². The third kappa shape index (κ3) is 2.70. The summed E-state index contributed by atoms with van der Waals surface area (Å²) in [7, 11) is 1.71. The second-order valence-corrected chi connectivity index (χ2v) is 4.79. The van der Waals surface area contributed by atoms with Crippen molar-refractivity contribution in [2.24, 2.45) is 0 Å². The summed E-state index contributed by atoms with van der Waals surface area (Å²) < 4.78 is 10.1. The predicted molar refractivity (Wildman–Crippen MR) is 79.8 cm³/mol. The molecule has 0 radical (unpaired) electrons. The zero-order chi connectivity index (χ0) is 14.5. The second-order valence-electron chi connectivity index (χ2n) is 4.79. The molecular formula is C14H22N4O2. The SMILES string of the molecule is CCC(CC)N(CCOC)c1ccc(N)c2nonc12. The summed E-state index contributed by atoms with van der Waals surface area (Å²) in [5.41, 5.74) is 8.83. The molecule has 0 bridgehead atoms. The number of methoxy groups -OCH3 is 1. The molecule has 0 atom stereocenters. The van der Waals surface area contributed by atoms with Gasteiger partial charge in [-0.15, -0.1) is 0 Å². The number of fused-ring (bicyclic) bond motifs is 1. The molecule has 1 aromatic carbocycles. The number of aromatic nitrogens is 2. The van der Waals surface area contributed by atoms with Gasteiger partial charge in [0.2, 0.25) is 0 Å². The van der Waals surface area contributed by atoms with E-state index in [2.05, 4.69) is 29.1 Å². The van der Waals surface area contributed by atoms with Crippen LogP contribution in [0, 0.1) is 0 Å². The summed E-state index contributed by atoms with van der Waals surface area (Å²) in [5, 5.41) is 7.89. The Kier molecular flexibility index (Phi) is 4.79. The lowest BCUT2D eigenvalue weighted by atomic mass is 10.1. The Labute approximate surface area is 118 Å². The molecule has 1 aromatic heterocycles. The Balaban J connectivity index is 2.44. The summed E-state index contributed by atoms with van der Waals surface area (Å²) in [6, 6.07) is 4.26. The highest BCUT2D eigenvalue weighted by atomic mass is 16.6. The van der Waals surface area contributed by atoms with E-state index in [1.54, 1.807) is 7.11 Å². The molecule has 0 fully saturated rings. The van der Waals surface area contributed by atoms with Gasteiger partial charge in [0.1, 0.15) is 0 Å². The molecule has 2 aromatic rings. The third-order valence-electron chi connectivity index (χ3n) is 3.65. The van der Waals surface area contributed by atoms with Crippen molar-refractivity contribution < 1.29 is 9.37 Å². The Morgan fingerprint density at radius 2 is 1.95 bits per heavy atom. The van der Waals surface area contributed by atoms with Gasteiger partial charge in [0.25, 0.3) is 0 Å². The van der Waals surface area contributed by atoms with Crippen molar-refractivity contribution in [2.45, 2.75) is 32.7 Å². The average molecular weight is 278 g/mol. The van der Waals surface area contributed by atoms with Gasteiger partial charge < -0.3 is 15.4 Å². The van der Waals surface area contributed by atoms with Crippen LogP contribution in [-0.2, 0) is 4.74 Å². The molecule has 0 spiro atoms. The third-order valence-corrected chi connectivity index (χ3v) is 3.65. The van der Waals surface area contributed by atoms with Gasteiger partial charge in [-0.25, -0.2) is 4.63 Å². The predicted octanol–water partition coefficient (Wildman–Crippen LogP) is 2.45. The molecule has 2 rings (SSSR count). The van der Waals surface area contributed by atoms with Crippen LogP contribution in [0.15, 0.2) is 16.8 Å². The summed E-state index contributed by atoms with van der Waals surface area (Å²) >= 11 is 0. The Bertz CT molecular complexity index is 551. The molecule has 1 heterocycles. The molecule has 0 aliphatic carbocycles. The molecule has 6 heteroatoms. The number of benzene rings is 1. The highest BCUT2D eigenvalue weighted by molar-refractivity contribution is 5.95. The minimum atomic E-state index is 0.425. The normalized spacial score (nSPS) is 11.4.